The molecule has 4 rings (SSSR count). The van der Waals surface area contributed by atoms with Gasteiger partial charge in [-0.25, -0.2) is 0 Å². The predicted molar refractivity (Wildman–Crippen MR) is 116 cm³/mol. The highest BCUT2D eigenvalue weighted by molar-refractivity contribution is 9.11. The number of rotatable bonds is 4. The Hall–Kier alpha value is -1.70. The number of hydrogen-bond donors (Lipinski definition) is 1. The van der Waals surface area contributed by atoms with Crippen LogP contribution >= 0.6 is 27.3 Å². The van der Waals surface area contributed by atoms with Crippen molar-refractivity contribution in [3.8, 4) is 0 Å². The molecule has 2 aliphatic heterocycles. The smallest absolute Gasteiger partial charge is 0.261 e. The van der Waals surface area contributed by atoms with E-state index in [1.165, 1.54) is 22.5 Å². The van der Waals surface area contributed by atoms with Crippen LogP contribution in [-0.4, -0.2) is 49.9 Å². The third-order valence-electron chi connectivity index (χ3n) is 5.58. The fraction of sp³-hybridized carbons (Fsp3) is 0.429. The van der Waals surface area contributed by atoms with Gasteiger partial charge >= 0.3 is 0 Å². The number of nitrogens with one attached hydrogen (secondary N) is 1. The van der Waals surface area contributed by atoms with E-state index in [0.29, 0.717) is 24.4 Å². The minimum absolute atomic E-state index is 0.0734. The largest absolute Gasteiger partial charge is 0.351 e. The molecule has 1 saturated heterocycles. The van der Waals surface area contributed by atoms with Crippen molar-refractivity contribution < 1.29 is 9.59 Å². The fourth-order valence-electron chi connectivity index (χ4n) is 3.92. The van der Waals surface area contributed by atoms with Gasteiger partial charge in [0.25, 0.3) is 5.91 Å². The summed E-state index contributed by atoms with van der Waals surface area (Å²) >= 11 is 4.79. The summed E-state index contributed by atoms with van der Waals surface area (Å²) in [5.74, 6) is 0.212. The first-order valence-electron chi connectivity index (χ1n) is 9.64. The Bertz CT molecular complexity index is 898. The highest BCUT2D eigenvalue weighted by Gasteiger charge is 2.31. The van der Waals surface area contributed by atoms with Crippen molar-refractivity contribution in [1.29, 1.82) is 0 Å². The molecule has 1 atom stereocenters. The van der Waals surface area contributed by atoms with Crippen LogP contribution in [0.3, 0.4) is 0 Å². The molecule has 1 unspecified atom stereocenters. The molecule has 0 radical (unpaired) electrons. The Morgan fingerprint density at radius 3 is 2.75 bits per heavy atom. The van der Waals surface area contributed by atoms with Crippen molar-refractivity contribution in [2.75, 3.05) is 38.1 Å². The molecule has 1 aromatic heterocycles. The van der Waals surface area contributed by atoms with Gasteiger partial charge in [0.2, 0.25) is 5.91 Å². The van der Waals surface area contributed by atoms with Crippen molar-refractivity contribution in [3.63, 3.8) is 0 Å². The van der Waals surface area contributed by atoms with Crippen LogP contribution in [0, 0.1) is 5.92 Å². The van der Waals surface area contributed by atoms with Crippen molar-refractivity contribution in [2.24, 2.45) is 5.92 Å². The Labute approximate surface area is 177 Å². The summed E-state index contributed by atoms with van der Waals surface area (Å²) in [6, 6.07) is 10.1. The third kappa shape index (κ3) is 4.31. The summed E-state index contributed by atoms with van der Waals surface area (Å²) < 4.78 is 0.939. The summed E-state index contributed by atoms with van der Waals surface area (Å²) in [4.78, 5) is 29.8. The van der Waals surface area contributed by atoms with Crippen molar-refractivity contribution in [1.82, 2.24) is 10.2 Å². The van der Waals surface area contributed by atoms with E-state index in [4.69, 9.17) is 0 Å². The molecule has 0 saturated carbocycles. The van der Waals surface area contributed by atoms with Crippen molar-refractivity contribution >= 4 is 44.8 Å². The van der Waals surface area contributed by atoms with Gasteiger partial charge in [-0.05, 0) is 71.2 Å². The number of thiophene rings is 1. The first-order valence-corrected chi connectivity index (χ1v) is 11.2. The molecule has 0 spiro atoms. The van der Waals surface area contributed by atoms with Gasteiger partial charge in [-0.1, -0.05) is 6.07 Å². The number of hydrogen-bond acceptors (Lipinski definition) is 4. The molecule has 148 valence electrons. The molecule has 1 N–H and O–H groups in total. The normalized spacial score (nSPS) is 20.1. The SMILES string of the molecule is CN1CCc2ccc(N3CC(CNC(=O)c4ccc(Br)s4)CC3=O)cc2CC1. The standard InChI is InChI=1S/C21H24BrN3O2S/c1-24-8-6-15-2-3-17(11-16(15)7-9-24)25-13-14(10-20(25)26)12-23-21(27)18-4-5-19(22)28-18/h2-5,11,14H,6-10,12-13H2,1H3,(H,23,27). The molecule has 0 aliphatic carbocycles. The third-order valence-corrected chi connectivity index (χ3v) is 7.20. The van der Waals surface area contributed by atoms with Crippen LogP contribution in [0.4, 0.5) is 5.69 Å². The minimum atomic E-state index is -0.0734. The first kappa shape index (κ1) is 19.6. The summed E-state index contributed by atoms with van der Waals surface area (Å²) in [5, 5.41) is 2.98. The van der Waals surface area contributed by atoms with E-state index < -0.39 is 0 Å². The zero-order chi connectivity index (χ0) is 19.7. The number of fused-ring (bicyclic) bond motifs is 1. The van der Waals surface area contributed by atoms with Crippen LogP contribution in [0.5, 0.6) is 0 Å². The van der Waals surface area contributed by atoms with Crippen LogP contribution in [0.15, 0.2) is 34.1 Å². The maximum atomic E-state index is 12.6. The van der Waals surface area contributed by atoms with Gasteiger partial charge in [-0.2, -0.15) is 0 Å². The average molecular weight is 462 g/mol. The van der Waals surface area contributed by atoms with Crippen LogP contribution in [0.1, 0.15) is 27.2 Å². The Kier molecular flexibility index (Phi) is 5.85. The van der Waals surface area contributed by atoms with E-state index in [2.05, 4.69) is 51.4 Å². The summed E-state index contributed by atoms with van der Waals surface area (Å²) in [7, 11) is 2.16. The van der Waals surface area contributed by atoms with Crippen LogP contribution in [0.2, 0.25) is 0 Å². The number of nitrogens with zero attached hydrogens (tertiary/aromatic N) is 2. The number of carbonyl (C=O) groups is 2. The molecule has 0 bridgehead atoms. The van der Waals surface area contributed by atoms with Crippen LogP contribution in [0.25, 0.3) is 0 Å². The van der Waals surface area contributed by atoms with Crippen molar-refractivity contribution in [3.05, 3.63) is 50.1 Å². The lowest BCUT2D eigenvalue weighted by atomic mass is 10.0. The quantitative estimate of drug-likeness (QED) is 0.759. The Morgan fingerprint density at radius 1 is 1.21 bits per heavy atom. The van der Waals surface area contributed by atoms with Gasteiger partial charge in [0, 0.05) is 44.2 Å². The van der Waals surface area contributed by atoms with Gasteiger partial charge in [0.15, 0.2) is 0 Å². The van der Waals surface area contributed by atoms with Crippen molar-refractivity contribution in [2.45, 2.75) is 19.3 Å². The number of halogens is 1. The molecule has 1 aromatic carbocycles. The molecular weight excluding hydrogens is 438 g/mol. The highest BCUT2D eigenvalue weighted by Crippen LogP contribution is 2.28. The van der Waals surface area contributed by atoms with E-state index in [1.807, 2.05) is 17.0 Å². The van der Waals surface area contributed by atoms with E-state index in [-0.39, 0.29) is 17.7 Å². The maximum absolute atomic E-state index is 12.6. The molecule has 5 nitrogen and oxygen atoms in total. The summed E-state index contributed by atoms with van der Waals surface area (Å²) in [6.07, 6.45) is 2.57. The number of benzene rings is 1. The summed E-state index contributed by atoms with van der Waals surface area (Å²) in [5.41, 5.74) is 3.74. The second-order valence-electron chi connectivity index (χ2n) is 7.64. The highest BCUT2D eigenvalue weighted by atomic mass is 79.9. The van der Waals surface area contributed by atoms with E-state index in [9.17, 15) is 9.59 Å². The zero-order valence-electron chi connectivity index (χ0n) is 15.9. The minimum Gasteiger partial charge on any atom is -0.351 e. The number of anilines is 1. The van der Waals surface area contributed by atoms with Gasteiger partial charge in [-0.3, -0.25) is 9.59 Å². The molecule has 1 fully saturated rings. The molecule has 2 aromatic rings. The van der Waals surface area contributed by atoms with E-state index >= 15 is 0 Å². The molecule has 2 aliphatic rings. The molecule has 7 heteroatoms. The van der Waals surface area contributed by atoms with E-state index in [0.717, 1.165) is 35.4 Å². The number of carbonyl (C=O) groups excluding carboxylic acids is 2. The average Bonchev–Trinajstić information content (AvgIpc) is 3.23. The van der Waals surface area contributed by atoms with E-state index in [1.54, 1.807) is 0 Å². The fourth-order valence-corrected chi connectivity index (χ4v) is 5.22. The molecular formula is C21H24BrN3O2S. The lowest BCUT2D eigenvalue weighted by molar-refractivity contribution is -0.117. The first-order chi connectivity index (χ1) is 13.5. The topological polar surface area (TPSA) is 52.6 Å². The summed E-state index contributed by atoms with van der Waals surface area (Å²) in [6.45, 7) is 3.31. The second-order valence-corrected chi connectivity index (χ2v) is 10.1. The lowest BCUT2D eigenvalue weighted by Gasteiger charge is -2.19. The number of amides is 2. The van der Waals surface area contributed by atoms with Crippen LogP contribution < -0.4 is 10.2 Å². The predicted octanol–water partition coefficient (Wildman–Crippen LogP) is 3.32. The van der Waals surface area contributed by atoms with Gasteiger partial charge in [-0.15, -0.1) is 11.3 Å². The zero-order valence-corrected chi connectivity index (χ0v) is 18.3. The maximum Gasteiger partial charge on any atom is 0.261 e. The Morgan fingerprint density at radius 2 is 2.00 bits per heavy atom. The van der Waals surface area contributed by atoms with Gasteiger partial charge < -0.3 is 15.1 Å². The lowest BCUT2D eigenvalue weighted by Crippen LogP contribution is -2.30. The van der Waals surface area contributed by atoms with Crippen LogP contribution in [-0.2, 0) is 17.6 Å². The monoisotopic (exact) mass is 461 g/mol. The number of likely N-dealkylation sites (N-methyl/N-ethyl adjacent to an activating group) is 1. The molecule has 3 heterocycles. The second kappa shape index (κ2) is 8.35. The Balaban J connectivity index is 1.39. The molecule has 28 heavy (non-hydrogen) atoms. The molecule has 2 amide bonds. The van der Waals surface area contributed by atoms with Gasteiger partial charge in [0.05, 0.1) is 8.66 Å². The van der Waals surface area contributed by atoms with Gasteiger partial charge in [0.1, 0.15) is 0 Å².